The van der Waals surface area contributed by atoms with E-state index in [4.69, 9.17) is 34.9 Å². The van der Waals surface area contributed by atoms with Crippen LogP contribution in [0.2, 0.25) is 0 Å². The highest BCUT2D eigenvalue weighted by Crippen LogP contribution is 2.46. The molecule has 0 saturated heterocycles. The van der Waals surface area contributed by atoms with E-state index in [2.05, 4.69) is 517 Å². The molecule has 686 valence electrons. The summed E-state index contributed by atoms with van der Waals surface area (Å²) in [6, 6.07) is 186. The van der Waals surface area contributed by atoms with Crippen LogP contribution in [0.3, 0.4) is 0 Å². The highest BCUT2D eigenvalue weighted by Gasteiger charge is 2.25. The van der Waals surface area contributed by atoms with Crippen molar-refractivity contribution in [2.24, 2.45) is 0 Å². The average Bonchev–Trinajstić information content (AvgIpc) is 1.59. The third kappa shape index (κ3) is 16.4. The second-order valence-corrected chi connectivity index (χ2v) is 37.6. The number of pyridine rings is 5. The zero-order chi connectivity index (χ0) is 97.2. The van der Waals surface area contributed by atoms with Crippen LogP contribution in [0.5, 0.6) is 0 Å². The van der Waals surface area contributed by atoms with E-state index in [9.17, 15) is 0 Å². The molecule has 0 atom stereocenters. The lowest BCUT2D eigenvalue weighted by molar-refractivity contribution is 1.08. The van der Waals surface area contributed by atoms with Crippen LogP contribution in [0.1, 0.15) is 0 Å². The molecule has 10 heteroatoms. The Morgan fingerprint density at radius 1 is 0.116 bits per heavy atom. The van der Waals surface area contributed by atoms with Crippen LogP contribution in [0.4, 0.5) is 0 Å². The summed E-state index contributed by atoms with van der Waals surface area (Å²) >= 11 is 0. The number of fused-ring (bicyclic) bond motifs is 9. The van der Waals surface area contributed by atoms with E-state index in [0.717, 1.165) is 256 Å². The lowest BCUT2D eigenvalue weighted by Gasteiger charge is -2.13. The first-order valence-corrected chi connectivity index (χ1v) is 49.7. The van der Waals surface area contributed by atoms with Crippen molar-refractivity contribution in [3.63, 3.8) is 0 Å². The fourth-order valence-electron chi connectivity index (χ4n) is 21.2. The van der Waals surface area contributed by atoms with Gasteiger partial charge in [-0.3, -0.25) is 13.7 Å². The first kappa shape index (κ1) is 86.3. The van der Waals surface area contributed by atoms with Crippen LogP contribution in [-0.2, 0) is 0 Å². The van der Waals surface area contributed by atoms with E-state index in [-0.39, 0.29) is 0 Å². The van der Waals surface area contributed by atoms with Gasteiger partial charge in [0.15, 0.2) is 5.82 Å². The highest BCUT2D eigenvalue weighted by atomic mass is 15.1. The first-order chi connectivity index (χ1) is 72.8. The molecular formula is C137H88N10. The molecule has 10 nitrogen and oxygen atoms in total. The molecule has 0 saturated carbocycles. The Morgan fingerprint density at radius 3 is 0.687 bits per heavy atom. The lowest BCUT2D eigenvalue weighted by atomic mass is 9.96. The number of benzene rings is 18. The summed E-state index contributed by atoms with van der Waals surface area (Å²) in [4.78, 5) is 37.8. The van der Waals surface area contributed by atoms with Crippen molar-refractivity contribution in [2.75, 3.05) is 0 Å². The average molecular weight is 1870 g/mol. The highest BCUT2D eigenvalue weighted by molar-refractivity contribution is 6.15. The molecular weight excluding hydrogens is 1790 g/mol. The topological polar surface area (TPSA) is 105 Å². The summed E-state index contributed by atoms with van der Waals surface area (Å²) in [5.41, 5.74) is 40.1. The van der Waals surface area contributed by atoms with Crippen molar-refractivity contribution in [1.29, 1.82) is 0 Å². The Morgan fingerprint density at radius 2 is 0.354 bits per heavy atom. The number of aromatic nitrogens is 10. The fraction of sp³-hybridized carbons (Fsp3) is 0. The van der Waals surface area contributed by atoms with Gasteiger partial charge in [-0.25, -0.2) is 34.9 Å². The third-order valence-corrected chi connectivity index (χ3v) is 28.6. The van der Waals surface area contributed by atoms with Crippen LogP contribution in [0.15, 0.2) is 534 Å². The van der Waals surface area contributed by atoms with Crippen LogP contribution >= 0.6 is 0 Å². The SMILES string of the molecule is c1ccc(-c2ccc3c(c2)c2cc(-c4cccc(-c5cccc(-c6cc(-c7cccc(-n8c9ccc(-c%10ccccc%10)cc9c9cc(-c%10ccccc%10)ccc98)n7)cc(-c7ccccc7)n6)c5)c4)ccc2n3-c2ccc(-c3cc(-c4ccccc4)nc(-c4cccc(-c5cccc(-c6ccc7c(c6)c6cc(-c8ccccc8)ccc6n7-c6ccc(-c7cc(-c8ccccc8)nc(-c8ccccc8)c7)cn6)c5)c4)n3)cn2)cc1. The Balaban J connectivity index is 0.498. The zero-order valence-corrected chi connectivity index (χ0v) is 79.8. The van der Waals surface area contributed by atoms with E-state index in [1.807, 2.05) is 30.6 Å². The van der Waals surface area contributed by atoms with Gasteiger partial charge in [0.1, 0.15) is 17.5 Å². The van der Waals surface area contributed by atoms with E-state index < -0.39 is 0 Å². The molecule has 18 aromatic carbocycles. The molecule has 9 aromatic heterocycles. The van der Waals surface area contributed by atoms with Gasteiger partial charge in [-0.15, -0.1) is 0 Å². The number of rotatable bonds is 20. The second kappa shape index (κ2) is 37.0. The van der Waals surface area contributed by atoms with Gasteiger partial charge < -0.3 is 0 Å². The molecule has 0 fully saturated rings. The predicted molar refractivity (Wildman–Crippen MR) is 606 cm³/mol. The van der Waals surface area contributed by atoms with Crippen LogP contribution < -0.4 is 0 Å². The smallest absolute Gasteiger partial charge is 0.160 e. The van der Waals surface area contributed by atoms with Gasteiger partial charge in [-0.2, -0.15) is 0 Å². The number of hydrogen-bond acceptors (Lipinski definition) is 7. The largest absolute Gasteiger partial charge is 0.294 e. The van der Waals surface area contributed by atoms with Gasteiger partial charge in [-0.05, 0) is 258 Å². The van der Waals surface area contributed by atoms with Crippen LogP contribution in [0, 0.1) is 0 Å². The molecule has 27 rings (SSSR count). The molecule has 0 unspecified atom stereocenters. The van der Waals surface area contributed by atoms with E-state index in [0.29, 0.717) is 5.82 Å². The minimum absolute atomic E-state index is 0.605. The van der Waals surface area contributed by atoms with Crippen molar-refractivity contribution in [1.82, 2.24) is 48.6 Å². The van der Waals surface area contributed by atoms with Crippen molar-refractivity contribution in [2.45, 2.75) is 0 Å². The Bertz CT molecular complexity index is 9580. The maximum absolute atomic E-state index is 5.59. The van der Waals surface area contributed by atoms with E-state index >= 15 is 0 Å². The van der Waals surface area contributed by atoms with Gasteiger partial charge in [-0.1, -0.05) is 358 Å². The van der Waals surface area contributed by atoms with Crippen LogP contribution in [-0.4, -0.2) is 48.6 Å². The van der Waals surface area contributed by atoms with Crippen LogP contribution in [0.25, 0.3) is 273 Å². The van der Waals surface area contributed by atoms with E-state index in [1.54, 1.807) is 0 Å². The van der Waals surface area contributed by atoms with E-state index in [1.165, 1.54) is 11.1 Å². The standard InChI is InChI=1S/C137H88N10/c1-9-30-89(31-10-1)103-56-64-128-115(76-103)119-81-108(60-68-130(119)145(128)134-70-62-111(87-138-134)113-82-122(93-38-17-5-18-39-93)140-123(83-113)94-40-19-6-20-41-94)100-49-26-47-98(73-100)102-51-28-53-110(75-102)137-143-126(96-44-23-8-24-45-96)86-127(144-137)112-63-71-135(139-88-112)146-129-65-57-104(90-32-11-2-12-33-90)77-116(129)120-80-107(61-69-131(120)146)99-48-25-46-97(72-99)101-50-27-52-109(74-101)125-85-114(84-124(141-125)95-42-21-7-22-43-95)121-54-29-55-136(142-121)147-132-66-58-105(91-34-13-3-14-35-91)78-117(132)118-79-106(59-67-133(118)147)92-36-15-4-16-37-92/h1-88H. The quantitative estimate of drug-likeness (QED) is 0.0748. The molecule has 0 spiro atoms. The zero-order valence-electron chi connectivity index (χ0n) is 79.8. The summed E-state index contributed by atoms with van der Waals surface area (Å²) in [6.07, 6.45) is 3.96. The Labute approximate surface area is 849 Å². The Kier molecular flexibility index (Phi) is 21.7. The molecule has 0 radical (unpaired) electrons. The van der Waals surface area contributed by atoms with Gasteiger partial charge >= 0.3 is 0 Å². The molecule has 9 heterocycles. The van der Waals surface area contributed by atoms with Gasteiger partial charge in [0, 0.05) is 94.8 Å². The van der Waals surface area contributed by atoms with Crippen molar-refractivity contribution in [3.8, 4) is 208 Å². The minimum atomic E-state index is 0.605. The molecule has 0 N–H and O–H groups in total. The molecule has 27 aromatic rings. The molecule has 0 aliphatic rings. The van der Waals surface area contributed by atoms with Gasteiger partial charge in [0.2, 0.25) is 0 Å². The van der Waals surface area contributed by atoms with Crippen molar-refractivity contribution in [3.05, 3.63) is 534 Å². The maximum Gasteiger partial charge on any atom is 0.160 e. The second-order valence-electron chi connectivity index (χ2n) is 37.6. The monoisotopic (exact) mass is 1870 g/mol. The predicted octanol–water partition coefficient (Wildman–Crippen LogP) is 35.1. The number of nitrogens with zero attached hydrogens (tertiary/aromatic N) is 10. The Hall–Kier alpha value is -19.8. The maximum atomic E-state index is 5.59. The van der Waals surface area contributed by atoms with Gasteiger partial charge in [0.05, 0.1) is 73.0 Å². The lowest BCUT2D eigenvalue weighted by Crippen LogP contribution is -1.99. The summed E-state index contributed by atoms with van der Waals surface area (Å²) in [7, 11) is 0. The molecule has 0 aliphatic carbocycles. The number of hydrogen-bond donors (Lipinski definition) is 0. The fourth-order valence-corrected chi connectivity index (χ4v) is 21.2. The van der Waals surface area contributed by atoms with Crippen molar-refractivity contribution < 1.29 is 0 Å². The minimum Gasteiger partial charge on any atom is -0.294 e. The summed E-state index contributed by atoms with van der Waals surface area (Å²) in [5, 5.41) is 6.82. The summed E-state index contributed by atoms with van der Waals surface area (Å²) in [6.45, 7) is 0. The van der Waals surface area contributed by atoms with Gasteiger partial charge in [0.25, 0.3) is 0 Å². The van der Waals surface area contributed by atoms with Crippen molar-refractivity contribution >= 4 is 65.4 Å². The summed E-state index contributed by atoms with van der Waals surface area (Å²) in [5.74, 6) is 3.04. The normalized spacial score (nSPS) is 11.5. The summed E-state index contributed by atoms with van der Waals surface area (Å²) < 4.78 is 6.92. The third-order valence-electron chi connectivity index (χ3n) is 28.6. The molecule has 147 heavy (non-hydrogen) atoms. The molecule has 0 bridgehead atoms. The first-order valence-electron chi connectivity index (χ1n) is 49.7. The molecule has 0 aliphatic heterocycles. The molecule has 0 amide bonds.